The van der Waals surface area contributed by atoms with Gasteiger partial charge in [-0.2, -0.15) is 0 Å². The van der Waals surface area contributed by atoms with Gasteiger partial charge in [0.1, 0.15) is 0 Å². The molecule has 3 rings (SSSR count). The van der Waals surface area contributed by atoms with Gasteiger partial charge in [-0.25, -0.2) is 0 Å². The third kappa shape index (κ3) is 1.76. The lowest BCUT2D eigenvalue weighted by atomic mass is 10.0. The molecular formula is C16H13N. The molecule has 2 N–H and O–H groups in total. The van der Waals surface area contributed by atoms with Crippen molar-refractivity contribution in [1.29, 1.82) is 0 Å². The maximum atomic E-state index is 6.00. The van der Waals surface area contributed by atoms with E-state index in [2.05, 4.69) is 36.4 Å². The van der Waals surface area contributed by atoms with E-state index in [-0.39, 0.29) is 0 Å². The average Bonchev–Trinajstić information content (AvgIpc) is 2.40. The fourth-order valence-electron chi connectivity index (χ4n) is 2.11. The number of rotatable bonds is 1. The van der Waals surface area contributed by atoms with Gasteiger partial charge in [0.2, 0.25) is 0 Å². The summed E-state index contributed by atoms with van der Waals surface area (Å²) in [5.41, 5.74) is 9.26. The Labute approximate surface area is 101 Å². The Balaban J connectivity index is 2.23. The van der Waals surface area contributed by atoms with E-state index in [0.717, 1.165) is 11.1 Å². The van der Waals surface area contributed by atoms with E-state index in [1.807, 2.05) is 30.3 Å². The minimum absolute atomic E-state index is 0.834. The van der Waals surface area contributed by atoms with E-state index in [1.54, 1.807) is 0 Å². The van der Waals surface area contributed by atoms with E-state index >= 15 is 0 Å². The van der Waals surface area contributed by atoms with Crippen molar-refractivity contribution in [3.63, 3.8) is 0 Å². The summed E-state index contributed by atoms with van der Waals surface area (Å²) in [6.45, 7) is 0. The zero-order valence-corrected chi connectivity index (χ0v) is 9.43. The summed E-state index contributed by atoms with van der Waals surface area (Å²) in [7, 11) is 0. The highest BCUT2D eigenvalue weighted by molar-refractivity contribution is 5.95. The van der Waals surface area contributed by atoms with Gasteiger partial charge in [0.25, 0.3) is 0 Å². The number of hydrogen-bond acceptors (Lipinski definition) is 1. The van der Waals surface area contributed by atoms with Gasteiger partial charge in [-0.15, -0.1) is 0 Å². The van der Waals surface area contributed by atoms with Gasteiger partial charge in [-0.05, 0) is 28.6 Å². The van der Waals surface area contributed by atoms with Crippen molar-refractivity contribution < 1.29 is 0 Å². The van der Waals surface area contributed by atoms with Crippen molar-refractivity contribution in [3.05, 3.63) is 66.7 Å². The molecule has 0 bridgehead atoms. The first-order valence-electron chi connectivity index (χ1n) is 5.68. The molecule has 0 saturated heterocycles. The second-order valence-corrected chi connectivity index (χ2v) is 4.15. The van der Waals surface area contributed by atoms with E-state index in [4.69, 9.17) is 5.73 Å². The van der Waals surface area contributed by atoms with Crippen molar-refractivity contribution in [2.45, 2.75) is 0 Å². The Hall–Kier alpha value is -2.28. The van der Waals surface area contributed by atoms with Crippen LogP contribution in [0.4, 0.5) is 5.69 Å². The van der Waals surface area contributed by atoms with Crippen LogP contribution in [0.3, 0.4) is 0 Å². The van der Waals surface area contributed by atoms with Gasteiger partial charge in [-0.3, -0.25) is 0 Å². The number of nitrogen functional groups attached to an aromatic ring is 1. The summed E-state index contributed by atoms with van der Waals surface area (Å²) in [5, 5.41) is 2.30. The third-order valence-corrected chi connectivity index (χ3v) is 3.02. The van der Waals surface area contributed by atoms with Crippen LogP contribution in [0.1, 0.15) is 0 Å². The summed E-state index contributed by atoms with van der Waals surface area (Å²) < 4.78 is 0. The molecule has 0 aliphatic rings. The van der Waals surface area contributed by atoms with Crippen LogP contribution in [-0.4, -0.2) is 0 Å². The molecule has 0 spiro atoms. The van der Waals surface area contributed by atoms with Crippen LogP contribution in [0, 0.1) is 0 Å². The van der Waals surface area contributed by atoms with Crippen molar-refractivity contribution >= 4 is 16.5 Å². The van der Waals surface area contributed by atoms with Crippen LogP contribution >= 0.6 is 0 Å². The van der Waals surface area contributed by atoms with Gasteiger partial charge in [0.15, 0.2) is 0 Å². The lowest BCUT2D eigenvalue weighted by Gasteiger charge is -2.06. The van der Waals surface area contributed by atoms with E-state index in [9.17, 15) is 0 Å². The third-order valence-electron chi connectivity index (χ3n) is 3.02. The van der Waals surface area contributed by atoms with Gasteiger partial charge in [0, 0.05) is 11.1 Å². The van der Waals surface area contributed by atoms with Gasteiger partial charge < -0.3 is 5.73 Å². The zero-order valence-electron chi connectivity index (χ0n) is 9.43. The predicted molar refractivity (Wildman–Crippen MR) is 73.8 cm³/mol. The Morgan fingerprint density at radius 3 is 2.29 bits per heavy atom. The van der Waals surface area contributed by atoms with Crippen LogP contribution in [0.5, 0.6) is 0 Å². The van der Waals surface area contributed by atoms with Crippen molar-refractivity contribution in [1.82, 2.24) is 0 Å². The molecule has 0 aliphatic heterocycles. The number of nitrogens with two attached hydrogens (primary N) is 1. The molecule has 0 amide bonds. The minimum atomic E-state index is 0.834. The molecule has 82 valence electrons. The molecule has 17 heavy (non-hydrogen) atoms. The quantitative estimate of drug-likeness (QED) is 0.613. The maximum absolute atomic E-state index is 6.00. The molecule has 0 aliphatic carbocycles. The lowest BCUT2D eigenvalue weighted by Crippen LogP contribution is -1.87. The second kappa shape index (κ2) is 3.95. The first-order valence-corrected chi connectivity index (χ1v) is 5.68. The molecule has 0 saturated carbocycles. The Bertz CT molecular complexity index is 657. The fraction of sp³-hybridized carbons (Fsp3) is 0. The van der Waals surface area contributed by atoms with Crippen LogP contribution in [0.25, 0.3) is 21.9 Å². The van der Waals surface area contributed by atoms with Crippen molar-refractivity contribution in [2.75, 3.05) is 5.73 Å². The number of hydrogen-bond donors (Lipinski definition) is 1. The number of anilines is 1. The molecule has 3 aromatic rings. The molecular weight excluding hydrogens is 206 g/mol. The summed E-state index contributed by atoms with van der Waals surface area (Å²) in [5.74, 6) is 0. The molecule has 0 aromatic heterocycles. The van der Waals surface area contributed by atoms with Crippen molar-refractivity contribution in [2.24, 2.45) is 0 Å². The first kappa shape index (κ1) is 9.91. The van der Waals surface area contributed by atoms with Crippen LogP contribution in [0.2, 0.25) is 0 Å². The van der Waals surface area contributed by atoms with E-state index in [1.165, 1.54) is 16.5 Å². The highest BCUT2D eigenvalue weighted by Crippen LogP contribution is 2.27. The van der Waals surface area contributed by atoms with Gasteiger partial charge in [-0.1, -0.05) is 54.6 Å². The maximum Gasteiger partial charge on any atom is 0.0393 e. The molecule has 0 fully saturated rings. The Morgan fingerprint density at radius 1 is 0.647 bits per heavy atom. The standard InChI is InChI=1S/C16H13N/c17-16-8-4-7-13-9-10-14(11-15(13)16)12-5-2-1-3-6-12/h1-11H,17H2. The smallest absolute Gasteiger partial charge is 0.0393 e. The van der Waals surface area contributed by atoms with Gasteiger partial charge >= 0.3 is 0 Å². The summed E-state index contributed by atoms with van der Waals surface area (Å²) in [6.07, 6.45) is 0. The normalized spacial score (nSPS) is 10.6. The largest absolute Gasteiger partial charge is 0.398 e. The summed E-state index contributed by atoms with van der Waals surface area (Å²) >= 11 is 0. The van der Waals surface area contributed by atoms with E-state index < -0.39 is 0 Å². The Morgan fingerprint density at radius 2 is 1.47 bits per heavy atom. The topological polar surface area (TPSA) is 26.0 Å². The number of fused-ring (bicyclic) bond motifs is 1. The molecule has 0 atom stereocenters. The molecule has 0 radical (unpaired) electrons. The molecule has 0 heterocycles. The molecule has 0 unspecified atom stereocenters. The number of benzene rings is 3. The summed E-state index contributed by atoms with van der Waals surface area (Å²) in [6, 6.07) is 22.8. The SMILES string of the molecule is Nc1cccc2ccc(-c3ccccc3)cc12. The minimum Gasteiger partial charge on any atom is -0.398 e. The lowest BCUT2D eigenvalue weighted by molar-refractivity contribution is 1.64. The second-order valence-electron chi connectivity index (χ2n) is 4.15. The van der Waals surface area contributed by atoms with Gasteiger partial charge in [0.05, 0.1) is 0 Å². The van der Waals surface area contributed by atoms with Crippen LogP contribution in [-0.2, 0) is 0 Å². The molecule has 3 aromatic carbocycles. The van der Waals surface area contributed by atoms with Crippen LogP contribution < -0.4 is 5.73 Å². The summed E-state index contributed by atoms with van der Waals surface area (Å²) in [4.78, 5) is 0. The van der Waals surface area contributed by atoms with Crippen molar-refractivity contribution in [3.8, 4) is 11.1 Å². The zero-order chi connectivity index (χ0) is 11.7. The predicted octanol–water partition coefficient (Wildman–Crippen LogP) is 4.09. The monoisotopic (exact) mass is 219 g/mol. The highest BCUT2D eigenvalue weighted by Gasteiger charge is 2.01. The van der Waals surface area contributed by atoms with E-state index in [0.29, 0.717) is 0 Å². The average molecular weight is 219 g/mol. The molecule has 1 nitrogen and oxygen atoms in total. The highest BCUT2D eigenvalue weighted by atomic mass is 14.5. The molecule has 1 heteroatoms. The fourth-order valence-corrected chi connectivity index (χ4v) is 2.11. The van der Waals surface area contributed by atoms with Crippen LogP contribution in [0.15, 0.2) is 66.7 Å². The Kier molecular flexibility index (Phi) is 2.30. The first-order chi connectivity index (χ1) is 8.34.